The molecule has 0 spiro atoms. The lowest BCUT2D eigenvalue weighted by Crippen LogP contribution is -2.44. The normalized spacial score (nSPS) is 17.1. The summed E-state index contributed by atoms with van der Waals surface area (Å²) in [6.07, 6.45) is 4.24. The van der Waals surface area contributed by atoms with Gasteiger partial charge in [0.05, 0.1) is 6.07 Å². The van der Waals surface area contributed by atoms with Gasteiger partial charge in [0.2, 0.25) is 5.91 Å². The zero-order valence-corrected chi connectivity index (χ0v) is 10.0. The first kappa shape index (κ1) is 13.0. The van der Waals surface area contributed by atoms with Crippen LogP contribution in [0, 0.1) is 11.3 Å². The van der Waals surface area contributed by atoms with Gasteiger partial charge in [-0.25, -0.2) is 0 Å². The first-order valence-electron chi connectivity index (χ1n) is 6.16. The van der Waals surface area contributed by atoms with Gasteiger partial charge in [-0.1, -0.05) is 6.92 Å². The second-order valence-corrected chi connectivity index (χ2v) is 4.22. The third kappa shape index (κ3) is 4.19. The molecule has 4 heteroatoms. The van der Waals surface area contributed by atoms with Crippen LogP contribution in [0.2, 0.25) is 0 Å². The second-order valence-electron chi connectivity index (χ2n) is 4.22. The smallest absolute Gasteiger partial charge is 0.222 e. The van der Waals surface area contributed by atoms with E-state index in [0.29, 0.717) is 18.9 Å². The van der Waals surface area contributed by atoms with Gasteiger partial charge in [0.25, 0.3) is 0 Å². The molecule has 0 bridgehead atoms. The molecule has 0 aliphatic carbocycles. The highest BCUT2D eigenvalue weighted by atomic mass is 16.2. The van der Waals surface area contributed by atoms with E-state index in [2.05, 4.69) is 11.4 Å². The Morgan fingerprint density at radius 2 is 2.19 bits per heavy atom. The molecule has 16 heavy (non-hydrogen) atoms. The van der Waals surface area contributed by atoms with Gasteiger partial charge in [-0.2, -0.15) is 5.26 Å². The summed E-state index contributed by atoms with van der Waals surface area (Å²) in [6.45, 7) is 4.58. The predicted octanol–water partition coefficient (Wildman–Crippen LogP) is 1.28. The quantitative estimate of drug-likeness (QED) is 0.714. The van der Waals surface area contributed by atoms with E-state index in [0.717, 1.165) is 38.9 Å². The Kier molecular flexibility index (Phi) is 5.87. The average Bonchev–Trinajstić information content (AvgIpc) is 2.34. The van der Waals surface area contributed by atoms with Gasteiger partial charge in [0.1, 0.15) is 0 Å². The molecule has 0 aromatic carbocycles. The molecule has 1 fully saturated rings. The molecule has 1 amide bonds. The van der Waals surface area contributed by atoms with Crippen LogP contribution < -0.4 is 5.32 Å². The highest BCUT2D eigenvalue weighted by molar-refractivity contribution is 5.75. The topological polar surface area (TPSA) is 56.1 Å². The number of nitrogens with zero attached hydrogens (tertiary/aromatic N) is 2. The van der Waals surface area contributed by atoms with Crippen molar-refractivity contribution in [3.05, 3.63) is 0 Å². The Morgan fingerprint density at radius 1 is 1.50 bits per heavy atom. The van der Waals surface area contributed by atoms with E-state index in [1.54, 1.807) is 0 Å². The summed E-state index contributed by atoms with van der Waals surface area (Å²) in [5.41, 5.74) is 0. The van der Waals surface area contributed by atoms with Crippen LogP contribution in [-0.4, -0.2) is 36.5 Å². The van der Waals surface area contributed by atoms with Crippen LogP contribution in [-0.2, 0) is 4.79 Å². The van der Waals surface area contributed by atoms with Crippen molar-refractivity contribution in [2.45, 2.75) is 45.1 Å². The van der Waals surface area contributed by atoms with Crippen molar-refractivity contribution in [2.75, 3.05) is 19.6 Å². The number of carbonyl (C=O) groups is 1. The van der Waals surface area contributed by atoms with Gasteiger partial charge in [0.15, 0.2) is 0 Å². The fourth-order valence-electron chi connectivity index (χ4n) is 2.03. The van der Waals surface area contributed by atoms with Crippen molar-refractivity contribution in [3.63, 3.8) is 0 Å². The van der Waals surface area contributed by atoms with Crippen molar-refractivity contribution < 1.29 is 4.79 Å². The molecule has 1 aliphatic heterocycles. The Morgan fingerprint density at radius 3 is 2.75 bits per heavy atom. The van der Waals surface area contributed by atoms with Crippen LogP contribution in [0.15, 0.2) is 0 Å². The number of nitriles is 1. The molecule has 0 atom stereocenters. The first-order valence-corrected chi connectivity index (χ1v) is 6.16. The zero-order valence-electron chi connectivity index (χ0n) is 10.0. The van der Waals surface area contributed by atoms with Crippen molar-refractivity contribution in [2.24, 2.45) is 0 Å². The number of hydrogen-bond acceptors (Lipinski definition) is 3. The minimum absolute atomic E-state index is 0.267. The molecular formula is C12H21N3O. The van der Waals surface area contributed by atoms with Crippen LogP contribution >= 0.6 is 0 Å². The predicted molar refractivity (Wildman–Crippen MR) is 62.7 cm³/mol. The Bertz CT molecular complexity index is 251. The molecule has 1 heterocycles. The highest BCUT2D eigenvalue weighted by Gasteiger charge is 2.20. The molecule has 1 rings (SSSR count). The standard InChI is InChI=1S/C12H21N3O/c1-2-12(16)15-9-5-11(6-10-15)14-8-4-3-7-13/h11,14H,2-6,8-10H2,1H3. The lowest BCUT2D eigenvalue weighted by Gasteiger charge is -2.32. The molecule has 1 N–H and O–H groups in total. The van der Waals surface area contributed by atoms with Crippen LogP contribution in [0.4, 0.5) is 0 Å². The number of likely N-dealkylation sites (tertiary alicyclic amines) is 1. The number of carbonyl (C=O) groups excluding carboxylic acids is 1. The highest BCUT2D eigenvalue weighted by Crippen LogP contribution is 2.11. The van der Waals surface area contributed by atoms with Gasteiger partial charge < -0.3 is 10.2 Å². The maximum Gasteiger partial charge on any atom is 0.222 e. The Hall–Kier alpha value is -1.08. The molecule has 1 aliphatic rings. The summed E-state index contributed by atoms with van der Waals surface area (Å²) < 4.78 is 0. The van der Waals surface area contributed by atoms with E-state index >= 15 is 0 Å². The van der Waals surface area contributed by atoms with E-state index < -0.39 is 0 Å². The molecule has 1 saturated heterocycles. The Labute approximate surface area is 97.6 Å². The third-order valence-corrected chi connectivity index (χ3v) is 3.05. The SMILES string of the molecule is CCC(=O)N1CCC(NCCCC#N)CC1. The minimum Gasteiger partial charge on any atom is -0.343 e. The van der Waals surface area contributed by atoms with E-state index in [1.807, 2.05) is 11.8 Å². The summed E-state index contributed by atoms with van der Waals surface area (Å²) in [4.78, 5) is 13.4. The van der Waals surface area contributed by atoms with Crippen molar-refractivity contribution in [1.82, 2.24) is 10.2 Å². The number of nitrogens with one attached hydrogen (secondary N) is 1. The number of hydrogen-bond donors (Lipinski definition) is 1. The molecule has 0 unspecified atom stereocenters. The number of rotatable bonds is 5. The third-order valence-electron chi connectivity index (χ3n) is 3.05. The van der Waals surface area contributed by atoms with Gasteiger partial charge >= 0.3 is 0 Å². The van der Waals surface area contributed by atoms with Crippen molar-refractivity contribution >= 4 is 5.91 Å². The number of piperidine rings is 1. The summed E-state index contributed by atoms with van der Waals surface area (Å²) in [5.74, 6) is 0.267. The fourth-order valence-corrected chi connectivity index (χ4v) is 2.03. The summed E-state index contributed by atoms with van der Waals surface area (Å²) in [5, 5.41) is 11.8. The number of unbranched alkanes of at least 4 members (excludes halogenated alkanes) is 1. The lowest BCUT2D eigenvalue weighted by atomic mass is 10.0. The number of amides is 1. The zero-order chi connectivity index (χ0) is 11.8. The van der Waals surface area contributed by atoms with Gasteiger partial charge in [-0.3, -0.25) is 4.79 Å². The average molecular weight is 223 g/mol. The molecule has 0 aromatic heterocycles. The summed E-state index contributed by atoms with van der Waals surface area (Å²) in [6, 6.07) is 2.67. The summed E-state index contributed by atoms with van der Waals surface area (Å²) in [7, 11) is 0. The van der Waals surface area contributed by atoms with E-state index in [4.69, 9.17) is 5.26 Å². The monoisotopic (exact) mass is 223 g/mol. The van der Waals surface area contributed by atoms with Crippen molar-refractivity contribution in [1.29, 1.82) is 5.26 Å². The molecule has 0 aromatic rings. The van der Waals surface area contributed by atoms with E-state index in [1.165, 1.54) is 0 Å². The van der Waals surface area contributed by atoms with E-state index in [9.17, 15) is 4.79 Å². The van der Waals surface area contributed by atoms with E-state index in [-0.39, 0.29) is 5.91 Å². The van der Waals surface area contributed by atoms with Gasteiger partial charge in [-0.15, -0.1) is 0 Å². The molecular weight excluding hydrogens is 202 g/mol. The van der Waals surface area contributed by atoms with Gasteiger partial charge in [0, 0.05) is 32.0 Å². The van der Waals surface area contributed by atoms with Gasteiger partial charge in [-0.05, 0) is 25.8 Å². The summed E-state index contributed by atoms with van der Waals surface area (Å²) >= 11 is 0. The maximum atomic E-state index is 11.4. The van der Waals surface area contributed by atoms with Crippen LogP contribution in [0.1, 0.15) is 39.0 Å². The van der Waals surface area contributed by atoms with Crippen LogP contribution in [0.5, 0.6) is 0 Å². The molecule has 0 radical (unpaired) electrons. The fraction of sp³-hybridized carbons (Fsp3) is 0.833. The second kappa shape index (κ2) is 7.24. The van der Waals surface area contributed by atoms with Crippen molar-refractivity contribution in [3.8, 4) is 6.07 Å². The molecule has 4 nitrogen and oxygen atoms in total. The lowest BCUT2D eigenvalue weighted by molar-refractivity contribution is -0.131. The molecule has 90 valence electrons. The van der Waals surface area contributed by atoms with Crippen LogP contribution in [0.25, 0.3) is 0 Å². The first-order chi connectivity index (χ1) is 7.77. The maximum absolute atomic E-state index is 11.4. The largest absolute Gasteiger partial charge is 0.343 e. The molecule has 0 saturated carbocycles. The minimum atomic E-state index is 0.267. The Balaban J connectivity index is 2.12. The van der Waals surface area contributed by atoms with Crippen LogP contribution in [0.3, 0.4) is 0 Å².